The molecule has 0 aromatic heterocycles. The number of carboxylic acid groups (broad SMARTS) is 1. The molecule has 1 saturated heterocycles. The van der Waals surface area contributed by atoms with Crippen LogP contribution in [0.2, 0.25) is 0 Å². The number of carboxylic acids is 1. The molecule has 1 amide bonds. The summed E-state index contributed by atoms with van der Waals surface area (Å²) >= 11 is 0. The number of hydrogen-bond acceptors (Lipinski definition) is 7. The first kappa shape index (κ1) is 24.5. The summed E-state index contributed by atoms with van der Waals surface area (Å²) in [5.41, 5.74) is 0.765. The average molecular weight is 497 g/mol. The standard InChI is InChI=1S/C21H24N2O8S2/c1-12-8-15(21(25)26)10-19(13(12)2)33(29,30)23-17-9-14(4-5-18(17)31-3)20(24)22-16-6-7-32(27,28)11-16/h4-5,8-10,16,23H,6-7,11H2,1-3H3,(H,22,24)(H,25,26). The predicted octanol–water partition coefficient (Wildman–Crippen LogP) is 1.73. The van der Waals surface area contributed by atoms with Crippen LogP contribution in [-0.4, -0.2) is 58.5 Å². The van der Waals surface area contributed by atoms with Crippen molar-refractivity contribution in [3.05, 3.63) is 52.6 Å². The molecule has 0 radical (unpaired) electrons. The van der Waals surface area contributed by atoms with E-state index in [1.54, 1.807) is 13.8 Å². The number of nitrogens with one attached hydrogen (secondary N) is 2. The number of amides is 1. The lowest BCUT2D eigenvalue weighted by molar-refractivity contribution is 0.0696. The van der Waals surface area contributed by atoms with Gasteiger partial charge in [-0.15, -0.1) is 0 Å². The van der Waals surface area contributed by atoms with Gasteiger partial charge in [-0.2, -0.15) is 0 Å². The van der Waals surface area contributed by atoms with E-state index in [1.807, 2.05) is 0 Å². The molecule has 1 aliphatic heterocycles. The third kappa shape index (κ3) is 5.45. The molecular formula is C21H24N2O8S2. The Morgan fingerprint density at radius 2 is 1.82 bits per heavy atom. The van der Waals surface area contributed by atoms with Gasteiger partial charge >= 0.3 is 5.97 Å². The van der Waals surface area contributed by atoms with Crippen LogP contribution in [0.5, 0.6) is 5.75 Å². The van der Waals surface area contributed by atoms with E-state index < -0.39 is 37.8 Å². The average Bonchev–Trinajstić information content (AvgIpc) is 3.07. The maximum absolute atomic E-state index is 13.1. The Bertz CT molecular complexity index is 1330. The molecule has 3 rings (SSSR count). The number of rotatable bonds is 7. The number of anilines is 1. The fraction of sp³-hybridized carbons (Fsp3) is 0.333. The zero-order valence-corrected chi connectivity index (χ0v) is 19.8. The van der Waals surface area contributed by atoms with Crippen LogP contribution in [0.4, 0.5) is 5.69 Å². The van der Waals surface area contributed by atoms with Crippen LogP contribution in [0.3, 0.4) is 0 Å². The Kier molecular flexibility index (Phi) is 6.70. The van der Waals surface area contributed by atoms with Gasteiger partial charge in [-0.25, -0.2) is 21.6 Å². The molecule has 0 saturated carbocycles. The van der Waals surface area contributed by atoms with Crippen LogP contribution in [-0.2, 0) is 19.9 Å². The van der Waals surface area contributed by atoms with Gasteiger partial charge in [0.05, 0.1) is 34.8 Å². The van der Waals surface area contributed by atoms with E-state index >= 15 is 0 Å². The lowest BCUT2D eigenvalue weighted by atomic mass is 10.1. The molecule has 1 unspecified atom stereocenters. The van der Waals surface area contributed by atoms with Gasteiger partial charge in [0.2, 0.25) is 0 Å². The van der Waals surface area contributed by atoms with Crippen LogP contribution in [0.1, 0.15) is 38.3 Å². The minimum absolute atomic E-state index is 0.000215. The molecule has 178 valence electrons. The van der Waals surface area contributed by atoms with Crippen molar-refractivity contribution in [2.75, 3.05) is 23.3 Å². The first-order valence-corrected chi connectivity index (χ1v) is 13.2. The second kappa shape index (κ2) is 9.02. The first-order valence-electron chi connectivity index (χ1n) is 9.89. The minimum atomic E-state index is -4.24. The van der Waals surface area contributed by atoms with Crippen molar-refractivity contribution in [2.45, 2.75) is 31.2 Å². The number of ether oxygens (including phenoxy) is 1. The Hall–Kier alpha value is -3.12. The molecule has 1 heterocycles. The maximum atomic E-state index is 13.1. The summed E-state index contributed by atoms with van der Waals surface area (Å²) in [7, 11) is -6.09. The number of carbonyl (C=O) groups is 2. The maximum Gasteiger partial charge on any atom is 0.335 e. The second-order valence-corrected chi connectivity index (χ2v) is 11.7. The van der Waals surface area contributed by atoms with Gasteiger partial charge in [0.25, 0.3) is 15.9 Å². The van der Waals surface area contributed by atoms with Crippen LogP contribution >= 0.6 is 0 Å². The fourth-order valence-electron chi connectivity index (χ4n) is 3.54. The van der Waals surface area contributed by atoms with Crippen LogP contribution in [0.15, 0.2) is 35.2 Å². The van der Waals surface area contributed by atoms with Crippen molar-refractivity contribution in [2.24, 2.45) is 0 Å². The summed E-state index contributed by atoms with van der Waals surface area (Å²) in [5, 5.41) is 11.9. The van der Waals surface area contributed by atoms with E-state index in [0.717, 1.165) is 6.07 Å². The van der Waals surface area contributed by atoms with Crippen molar-refractivity contribution < 1.29 is 36.3 Å². The van der Waals surface area contributed by atoms with Crippen LogP contribution in [0.25, 0.3) is 0 Å². The number of hydrogen-bond donors (Lipinski definition) is 3. The van der Waals surface area contributed by atoms with Crippen molar-refractivity contribution >= 4 is 37.4 Å². The molecule has 12 heteroatoms. The second-order valence-electron chi connectivity index (χ2n) is 7.82. The highest BCUT2D eigenvalue weighted by molar-refractivity contribution is 7.92. The third-order valence-electron chi connectivity index (χ3n) is 5.43. The van der Waals surface area contributed by atoms with E-state index in [9.17, 15) is 31.5 Å². The molecule has 1 atom stereocenters. The largest absolute Gasteiger partial charge is 0.495 e. The molecule has 0 spiro atoms. The Morgan fingerprint density at radius 3 is 2.39 bits per heavy atom. The zero-order chi connectivity index (χ0) is 24.6. The van der Waals surface area contributed by atoms with Crippen molar-refractivity contribution in [3.8, 4) is 5.75 Å². The molecular weight excluding hydrogens is 472 g/mol. The van der Waals surface area contributed by atoms with E-state index in [1.165, 1.54) is 31.4 Å². The highest BCUT2D eigenvalue weighted by atomic mass is 32.2. The van der Waals surface area contributed by atoms with Gasteiger partial charge in [-0.05, 0) is 61.7 Å². The molecule has 3 N–H and O–H groups in total. The molecule has 0 aliphatic carbocycles. The highest BCUT2D eigenvalue weighted by Gasteiger charge is 2.29. The van der Waals surface area contributed by atoms with E-state index in [-0.39, 0.29) is 39.0 Å². The molecule has 33 heavy (non-hydrogen) atoms. The number of carbonyl (C=O) groups excluding carboxylic acids is 1. The monoisotopic (exact) mass is 496 g/mol. The quantitative estimate of drug-likeness (QED) is 0.523. The smallest absolute Gasteiger partial charge is 0.335 e. The lowest BCUT2D eigenvalue weighted by Gasteiger charge is -2.16. The minimum Gasteiger partial charge on any atom is -0.495 e. The Morgan fingerprint density at radius 1 is 1.12 bits per heavy atom. The van der Waals surface area contributed by atoms with Gasteiger partial charge in [0.15, 0.2) is 9.84 Å². The van der Waals surface area contributed by atoms with Crippen molar-refractivity contribution in [3.63, 3.8) is 0 Å². The van der Waals surface area contributed by atoms with Gasteiger partial charge in [0.1, 0.15) is 5.75 Å². The summed E-state index contributed by atoms with van der Waals surface area (Å²) in [6.45, 7) is 3.17. The highest BCUT2D eigenvalue weighted by Crippen LogP contribution is 2.30. The number of methoxy groups -OCH3 is 1. The predicted molar refractivity (Wildman–Crippen MR) is 121 cm³/mol. The van der Waals surface area contributed by atoms with Crippen molar-refractivity contribution in [1.29, 1.82) is 0 Å². The molecule has 2 aromatic rings. The topological polar surface area (TPSA) is 156 Å². The van der Waals surface area contributed by atoms with Gasteiger partial charge in [-0.3, -0.25) is 9.52 Å². The molecule has 1 aliphatic rings. The van der Waals surface area contributed by atoms with E-state index in [2.05, 4.69) is 10.0 Å². The SMILES string of the molecule is COc1ccc(C(=O)NC2CCS(=O)(=O)C2)cc1NS(=O)(=O)c1cc(C(=O)O)cc(C)c1C. The van der Waals surface area contributed by atoms with Crippen LogP contribution in [0, 0.1) is 13.8 Å². The number of aromatic carboxylic acids is 1. The fourth-order valence-corrected chi connectivity index (χ4v) is 6.61. The van der Waals surface area contributed by atoms with Crippen molar-refractivity contribution in [1.82, 2.24) is 5.32 Å². The Balaban J connectivity index is 1.93. The Labute approximate surface area is 191 Å². The number of sulfonamides is 1. The van der Waals surface area contributed by atoms with Gasteiger partial charge in [0, 0.05) is 11.6 Å². The van der Waals surface area contributed by atoms with E-state index in [0.29, 0.717) is 17.5 Å². The molecule has 10 nitrogen and oxygen atoms in total. The summed E-state index contributed by atoms with van der Waals surface area (Å²) in [4.78, 5) is 23.8. The summed E-state index contributed by atoms with van der Waals surface area (Å²) < 4.78 is 57.1. The van der Waals surface area contributed by atoms with Crippen LogP contribution < -0.4 is 14.8 Å². The summed E-state index contributed by atoms with van der Waals surface area (Å²) in [6.07, 6.45) is 0.308. The molecule has 2 aromatic carbocycles. The number of aryl methyl sites for hydroxylation is 1. The lowest BCUT2D eigenvalue weighted by Crippen LogP contribution is -2.35. The van der Waals surface area contributed by atoms with E-state index in [4.69, 9.17) is 4.74 Å². The van der Waals surface area contributed by atoms with Gasteiger partial charge in [-0.1, -0.05) is 0 Å². The van der Waals surface area contributed by atoms with Gasteiger partial charge < -0.3 is 15.2 Å². The summed E-state index contributed by atoms with van der Waals surface area (Å²) in [5.74, 6) is -1.82. The first-order chi connectivity index (χ1) is 15.3. The number of benzene rings is 2. The summed E-state index contributed by atoms with van der Waals surface area (Å²) in [6, 6.07) is 6.04. The normalized spacial score (nSPS) is 17.4. The molecule has 1 fully saturated rings. The molecule has 0 bridgehead atoms. The zero-order valence-electron chi connectivity index (χ0n) is 18.2. The third-order valence-corrected chi connectivity index (χ3v) is 8.69. The number of sulfone groups is 1.